The van der Waals surface area contributed by atoms with Gasteiger partial charge in [-0.15, -0.1) is 0 Å². The number of nitrogens with two attached hydrogens (primary N) is 1. The molecule has 14 heteroatoms. The van der Waals surface area contributed by atoms with Crippen molar-refractivity contribution in [1.29, 1.82) is 0 Å². The summed E-state index contributed by atoms with van der Waals surface area (Å²) >= 11 is 0. The molecular weight excluding hydrogens is 713 g/mol. The molecule has 5 aromatic rings. The maximum absolute atomic E-state index is 12.7. The van der Waals surface area contributed by atoms with Gasteiger partial charge in [0.05, 0.1) is 9.79 Å². The van der Waals surface area contributed by atoms with E-state index < -0.39 is 30.4 Å². The lowest BCUT2D eigenvalue weighted by Crippen LogP contribution is -2.24. The molecule has 0 aliphatic rings. The molecule has 0 radical (unpaired) electrons. The lowest BCUT2D eigenvalue weighted by molar-refractivity contribution is 0.480. The molecule has 0 atom stereocenters. The van der Waals surface area contributed by atoms with Crippen LogP contribution in [-0.2, 0) is 43.3 Å². The van der Waals surface area contributed by atoms with E-state index in [-0.39, 0.29) is 38.9 Å². The molecule has 5 rings (SSSR count). The summed E-state index contributed by atoms with van der Waals surface area (Å²) in [7, 11) is -13.6. The van der Waals surface area contributed by atoms with Gasteiger partial charge in [-0.2, -0.15) is 25.3 Å². The van der Waals surface area contributed by atoms with Gasteiger partial charge in [-0.1, -0.05) is 91.9 Å². The van der Waals surface area contributed by atoms with Gasteiger partial charge in [0, 0.05) is 41.2 Å². The van der Waals surface area contributed by atoms with Crippen molar-refractivity contribution in [3.05, 3.63) is 154 Å². The molecule has 11 nitrogen and oxygen atoms in total. The van der Waals surface area contributed by atoms with Crippen LogP contribution in [0.4, 0.5) is 5.69 Å². The summed E-state index contributed by atoms with van der Waals surface area (Å²) in [5.74, 6) is 0. The van der Waals surface area contributed by atoms with Crippen molar-refractivity contribution in [2.75, 3.05) is 11.4 Å². The van der Waals surface area contributed by atoms with Gasteiger partial charge in [0.1, 0.15) is 4.90 Å². The van der Waals surface area contributed by atoms with Crippen molar-refractivity contribution >= 4 is 47.3 Å². The van der Waals surface area contributed by atoms with Gasteiger partial charge in [0.25, 0.3) is 30.4 Å². The highest BCUT2D eigenvalue weighted by Gasteiger charge is 2.23. The number of benzene rings is 5. The van der Waals surface area contributed by atoms with Crippen LogP contribution in [0, 0.1) is 0 Å². The van der Waals surface area contributed by atoms with Crippen LogP contribution in [0.5, 0.6) is 0 Å². The molecule has 0 aliphatic heterocycles. The summed E-state index contributed by atoms with van der Waals surface area (Å²) in [6.07, 6.45) is 0.277. The Balaban J connectivity index is 1.77. The molecule has 5 N–H and O–H groups in total. The molecule has 0 unspecified atom stereocenters. The standard InChI is InChI=1S/C37H36N2O9S3/c1-3-29-30(15-10-18-34(29)50(43,44)45)37(38)27-21-19-26(20-22-27)36(32-14-6-8-17-35(32)51(46,47)48)31-13-5-7-16-33(31)39(4-2)24-25-11-9-12-28(23-25)49(40,41)42/h5-23H,3-4,24,38H2,1-2H3,(H,40,41,42)(H,43,44,45)(H,46,47,48). The van der Waals surface area contributed by atoms with E-state index in [0.717, 1.165) is 0 Å². The largest absolute Gasteiger partial charge is 0.398 e. The maximum Gasteiger partial charge on any atom is 0.295 e. The van der Waals surface area contributed by atoms with E-state index >= 15 is 0 Å². The molecule has 51 heavy (non-hydrogen) atoms. The Kier molecular flexibility index (Phi) is 10.9. The first-order chi connectivity index (χ1) is 24.0. The predicted octanol–water partition coefficient (Wildman–Crippen LogP) is 4.38. The minimum atomic E-state index is -4.69. The van der Waals surface area contributed by atoms with E-state index in [1.54, 1.807) is 61.5 Å². The first-order valence-corrected chi connectivity index (χ1v) is 20.0. The molecule has 0 heterocycles. The zero-order valence-corrected chi connectivity index (χ0v) is 30.1. The van der Waals surface area contributed by atoms with E-state index in [1.807, 2.05) is 30.0 Å². The Morgan fingerprint density at radius 3 is 1.76 bits per heavy atom. The molecule has 0 bridgehead atoms. The summed E-state index contributed by atoms with van der Waals surface area (Å²) < 4.78 is 103. The average Bonchev–Trinajstić information content (AvgIpc) is 3.10. The van der Waals surface area contributed by atoms with E-state index in [4.69, 9.17) is 5.73 Å². The minimum Gasteiger partial charge on any atom is -0.398 e. The van der Waals surface area contributed by atoms with Gasteiger partial charge in [-0.25, -0.2) is 0 Å². The van der Waals surface area contributed by atoms with Crippen molar-refractivity contribution in [3.8, 4) is 0 Å². The van der Waals surface area contributed by atoms with E-state index in [9.17, 15) is 38.9 Å². The van der Waals surface area contributed by atoms with Crippen molar-refractivity contribution in [2.24, 2.45) is 5.73 Å². The highest BCUT2D eigenvalue weighted by molar-refractivity contribution is 7.86. The molecule has 0 aliphatic carbocycles. The van der Waals surface area contributed by atoms with Gasteiger partial charge in [0.15, 0.2) is 0 Å². The topological polar surface area (TPSA) is 192 Å². The van der Waals surface area contributed by atoms with Gasteiger partial charge < -0.3 is 10.6 Å². The fourth-order valence-electron chi connectivity index (χ4n) is 6.10. The monoisotopic (exact) mass is 748 g/mol. The van der Waals surface area contributed by atoms with Gasteiger partial charge in [-0.05, 0) is 70.8 Å². The van der Waals surface area contributed by atoms with Crippen LogP contribution in [0.25, 0.3) is 11.3 Å². The molecule has 5 aromatic carbocycles. The number of nitrogens with zero attached hydrogens (tertiary/aromatic N) is 1. The molecule has 0 saturated heterocycles. The van der Waals surface area contributed by atoms with E-state index in [1.165, 1.54) is 42.5 Å². The summed E-state index contributed by atoms with van der Waals surface area (Å²) in [6.45, 7) is 4.34. The number of para-hydroxylation sites is 1. The second-order valence-electron chi connectivity index (χ2n) is 11.6. The van der Waals surface area contributed by atoms with Crippen molar-refractivity contribution in [3.63, 3.8) is 0 Å². The molecule has 0 amide bonds. The third kappa shape index (κ3) is 8.22. The lowest BCUT2D eigenvalue weighted by atomic mass is 9.93. The smallest absolute Gasteiger partial charge is 0.295 e. The van der Waals surface area contributed by atoms with Crippen LogP contribution in [0.1, 0.15) is 41.7 Å². The summed E-state index contributed by atoms with van der Waals surface area (Å²) in [5.41, 5.74) is 10.2. The predicted molar refractivity (Wildman–Crippen MR) is 195 cm³/mol. The molecule has 0 spiro atoms. The van der Waals surface area contributed by atoms with Gasteiger partial charge in [0.2, 0.25) is 0 Å². The van der Waals surface area contributed by atoms with Crippen LogP contribution in [0.15, 0.2) is 130 Å². The molecular formula is C37H36N2O9S3. The van der Waals surface area contributed by atoms with Crippen LogP contribution in [-0.4, -0.2) is 45.5 Å². The van der Waals surface area contributed by atoms with Crippen LogP contribution in [0.2, 0.25) is 0 Å². The summed E-state index contributed by atoms with van der Waals surface area (Å²) in [6, 6.07) is 30.6. The molecule has 266 valence electrons. The normalized spacial score (nSPS) is 12.0. The van der Waals surface area contributed by atoms with E-state index in [2.05, 4.69) is 0 Å². The maximum atomic E-state index is 12.7. The number of anilines is 1. The third-order valence-electron chi connectivity index (χ3n) is 8.44. The SMILES string of the molecule is CCc1c(C(N)=c2ccc(=C(c3ccccc3N(CC)Cc3cccc(S(=O)(=O)O)c3)c3ccccc3S(=O)(=O)O)cc2)cccc1S(=O)(=O)O. The van der Waals surface area contributed by atoms with Crippen molar-refractivity contribution in [1.82, 2.24) is 0 Å². The zero-order valence-electron chi connectivity index (χ0n) is 27.6. The highest BCUT2D eigenvalue weighted by Crippen LogP contribution is 2.34. The first-order valence-electron chi connectivity index (χ1n) is 15.7. The highest BCUT2D eigenvalue weighted by atomic mass is 32.2. The number of rotatable bonds is 11. The quantitative estimate of drug-likeness (QED) is 0.140. The second-order valence-corrected chi connectivity index (χ2v) is 15.8. The van der Waals surface area contributed by atoms with Crippen LogP contribution < -0.4 is 21.1 Å². The molecule has 0 aromatic heterocycles. The Labute approximate surface area is 297 Å². The molecule has 0 fully saturated rings. The number of hydrogen-bond acceptors (Lipinski definition) is 8. The Morgan fingerprint density at radius 1 is 0.608 bits per heavy atom. The van der Waals surface area contributed by atoms with Crippen LogP contribution >= 0.6 is 0 Å². The molecule has 0 saturated carbocycles. The Morgan fingerprint density at radius 2 is 1.16 bits per heavy atom. The fraction of sp³-hybridized carbons (Fsp3) is 0.135. The third-order valence-corrected chi connectivity index (χ3v) is 11.1. The van der Waals surface area contributed by atoms with Crippen molar-refractivity contribution < 1.29 is 38.9 Å². The Hall–Kier alpha value is -4.83. The van der Waals surface area contributed by atoms with Crippen LogP contribution in [0.3, 0.4) is 0 Å². The van der Waals surface area contributed by atoms with Crippen molar-refractivity contribution in [2.45, 2.75) is 41.5 Å². The first kappa shape index (κ1) is 37.4. The summed E-state index contributed by atoms with van der Waals surface area (Å²) in [4.78, 5) is 1.17. The Bertz CT molecular complexity index is 2560. The summed E-state index contributed by atoms with van der Waals surface area (Å²) in [5, 5.41) is 1.09. The van der Waals surface area contributed by atoms with E-state index in [0.29, 0.717) is 50.5 Å². The minimum absolute atomic E-state index is 0.218. The zero-order chi connectivity index (χ0) is 37.1. The average molecular weight is 749 g/mol. The van der Waals surface area contributed by atoms with Gasteiger partial charge in [-0.3, -0.25) is 13.7 Å². The second kappa shape index (κ2) is 14.8. The number of hydrogen-bond donors (Lipinski definition) is 4. The lowest BCUT2D eigenvalue weighted by Gasteiger charge is -2.27. The van der Waals surface area contributed by atoms with Gasteiger partial charge >= 0.3 is 0 Å². The fourth-order valence-corrected chi connectivity index (χ4v) is 8.17.